The minimum atomic E-state index is -0.415. The number of anilines is 1. The summed E-state index contributed by atoms with van der Waals surface area (Å²) in [6.07, 6.45) is 0. The number of hydrogen-bond donors (Lipinski definition) is 1. The van der Waals surface area contributed by atoms with Gasteiger partial charge in [-0.2, -0.15) is 0 Å². The van der Waals surface area contributed by atoms with E-state index in [-0.39, 0.29) is 10.9 Å². The average Bonchev–Trinajstić information content (AvgIpc) is 2.39. The standard InChI is InChI=1S/C14H14BrClFN3/c1-8(2)14-19-12(15)6-13(20-14)18-7-9-3-4-11(17)10(16)5-9/h3-6,8H,7H2,1-2H3,(H,18,19,20). The number of nitrogens with one attached hydrogen (secondary N) is 1. The van der Waals surface area contributed by atoms with Gasteiger partial charge in [0.05, 0.1) is 5.02 Å². The Morgan fingerprint density at radius 3 is 2.70 bits per heavy atom. The maximum absolute atomic E-state index is 13.1. The van der Waals surface area contributed by atoms with Crippen LogP contribution in [-0.2, 0) is 6.54 Å². The highest BCUT2D eigenvalue weighted by atomic mass is 79.9. The van der Waals surface area contributed by atoms with Gasteiger partial charge in [0.1, 0.15) is 22.1 Å². The molecule has 0 amide bonds. The third-order valence-electron chi connectivity index (χ3n) is 2.69. The van der Waals surface area contributed by atoms with Gasteiger partial charge in [-0.05, 0) is 33.6 Å². The normalized spacial score (nSPS) is 10.9. The molecule has 106 valence electrons. The largest absolute Gasteiger partial charge is 0.366 e. The lowest BCUT2D eigenvalue weighted by atomic mass is 10.2. The molecule has 0 aliphatic heterocycles. The SMILES string of the molecule is CC(C)c1nc(Br)cc(NCc2ccc(F)c(Cl)c2)n1. The van der Waals surface area contributed by atoms with Crippen molar-refractivity contribution in [2.45, 2.75) is 26.3 Å². The van der Waals surface area contributed by atoms with Crippen LogP contribution >= 0.6 is 27.5 Å². The smallest absolute Gasteiger partial charge is 0.141 e. The van der Waals surface area contributed by atoms with Gasteiger partial charge in [-0.25, -0.2) is 14.4 Å². The monoisotopic (exact) mass is 357 g/mol. The summed E-state index contributed by atoms with van der Waals surface area (Å²) < 4.78 is 13.8. The van der Waals surface area contributed by atoms with Crippen molar-refractivity contribution in [3.8, 4) is 0 Å². The first-order chi connectivity index (χ1) is 9.45. The minimum Gasteiger partial charge on any atom is -0.366 e. The van der Waals surface area contributed by atoms with E-state index in [2.05, 4.69) is 31.2 Å². The van der Waals surface area contributed by atoms with E-state index in [0.29, 0.717) is 6.54 Å². The first kappa shape index (κ1) is 15.2. The number of halogens is 3. The zero-order valence-corrected chi connectivity index (χ0v) is 13.5. The fraction of sp³-hybridized carbons (Fsp3) is 0.286. The number of rotatable bonds is 4. The highest BCUT2D eigenvalue weighted by molar-refractivity contribution is 9.10. The Kier molecular flexibility index (Phi) is 4.94. The Morgan fingerprint density at radius 1 is 1.30 bits per heavy atom. The molecular formula is C14H14BrClFN3. The van der Waals surface area contributed by atoms with Gasteiger partial charge in [-0.3, -0.25) is 0 Å². The molecule has 3 nitrogen and oxygen atoms in total. The molecule has 0 unspecified atom stereocenters. The molecule has 0 aliphatic carbocycles. The fourth-order valence-electron chi connectivity index (χ4n) is 1.63. The van der Waals surface area contributed by atoms with E-state index in [1.807, 2.05) is 13.8 Å². The molecule has 1 aromatic heterocycles. The molecule has 1 heterocycles. The molecule has 1 N–H and O–H groups in total. The van der Waals surface area contributed by atoms with Crippen LogP contribution in [0.15, 0.2) is 28.9 Å². The number of benzene rings is 1. The molecule has 0 saturated carbocycles. The fourth-order valence-corrected chi connectivity index (χ4v) is 2.23. The number of hydrogen-bond acceptors (Lipinski definition) is 3. The van der Waals surface area contributed by atoms with Crippen LogP contribution in [0, 0.1) is 5.82 Å². The molecule has 0 fully saturated rings. The topological polar surface area (TPSA) is 37.8 Å². The second kappa shape index (κ2) is 6.50. The summed E-state index contributed by atoms with van der Waals surface area (Å²) in [7, 11) is 0. The van der Waals surface area contributed by atoms with Crippen LogP contribution in [0.25, 0.3) is 0 Å². The van der Waals surface area contributed by atoms with Crippen molar-refractivity contribution in [2.75, 3.05) is 5.32 Å². The zero-order valence-electron chi connectivity index (χ0n) is 11.1. The van der Waals surface area contributed by atoms with Crippen molar-refractivity contribution < 1.29 is 4.39 Å². The molecule has 6 heteroatoms. The molecule has 2 aromatic rings. The molecule has 0 aliphatic rings. The Labute approximate surface area is 130 Å². The minimum absolute atomic E-state index is 0.121. The summed E-state index contributed by atoms with van der Waals surface area (Å²) in [5, 5.41) is 3.30. The average molecular weight is 359 g/mol. The van der Waals surface area contributed by atoms with Crippen LogP contribution < -0.4 is 5.32 Å². The van der Waals surface area contributed by atoms with Crippen LogP contribution in [0.5, 0.6) is 0 Å². The van der Waals surface area contributed by atoms with Crippen molar-refractivity contribution in [1.29, 1.82) is 0 Å². The van der Waals surface area contributed by atoms with E-state index in [9.17, 15) is 4.39 Å². The van der Waals surface area contributed by atoms with E-state index in [1.54, 1.807) is 18.2 Å². The molecule has 0 saturated heterocycles. The summed E-state index contributed by atoms with van der Waals surface area (Å²) in [5.74, 6) is 1.31. The van der Waals surface area contributed by atoms with E-state index in [4.69, 9.17) is 11.6 Å². The van der Waals surface area contributed by atoms with E-state index < -0.39 is 5.82 Å². The molecule has 0 bridgehead atoms. The third-order valence-corrected chi connectivity index (χ3v) is 3.38. The van der Waals surface area contributed by atoms with Crippen molar-refractivity contribution in [3.05, 3.63) is 51.1 Å². The predicted octanol–water partition coefficient (Wildman–Crippen LogP) is 4.77. The van der Waals surface area contributed by atoms with Crippen LogP contribution in [0.3, 0.4) is 0 Å². The maximum Gasteiger partial charge on any atom is 0.141 e. The molecular weight excluding hydrogens is 345 g/mol. The third kappa shape index (κ3) is 3.90. The highest BCUT2D eigenvalue weighted by Gasteiger charge is 2.07. The van der Waals surface area contributed by atoms with Crippen LogP contribution in [0.1, 0.15) is 31.2 Å². The Balaban J connectivity index is 2.12. The molecule has 0 atom stereocenters. The summed E-state index contributed by atoms with van der Waals surface area (Å²) in [4.78, 5) is 8.74. The lowest BCUT2D eigenvalue weighted by Crippen LogP contribution is -2.06. The highest BCUT2D eigenvalue weighted by Crippen LogP contribution is 2.19. The summed E-state index contributed by atoms with van der Waals surface area (Å²) in [6, 6.07) is 6.45. The van der Waals surface area contributed by atoms with Crippen LogP contribution in [-0.4, -0.2) is 9.97 Å². The van der Waals surface area contributed by atoms with Crippen molar-refractivity contribution >= 4 is 33.3 Å². The van der Waals surface area contributed by atoms with E-state index >= 15 is 0 Å². The summed E-state index contributed by atoms with van der Waals surface area (Å²) >= 11 is 9.12. The van der Waals surface area contributed by atoms with Crippen LogP contribution in [0.2, 0.25) is 5.02 Å². The van der Waals surface area contributed by atoms with Gasteiger partial charge in [-0.1, -0.05) is 31.5 Å². The lowest BCUT2D eigenvalue weighted by molar-refractivity contribution is 0.627. The van der Waals surface area contributed by atoms with Crippen molar-refractivity contribution in [3.63, 3.8) is 0 Å². The molecule has 0 radical (unpaired) electrons. The zero-order chi connectivity index (χ0) is 14.7. The second-order valence-corrected chi connectivity index (χ2v) is 5.91. The number of aromatic nitrogens is 2. The Morgan fingerprint density at radius 2 is 2.05 bits per heavy atom. The van der Waals surface area contributed by atoms with E-state index in [1.165, 1.54) is 6.07 Å². The Bertz CT molecular complexity index is 619. The lowest BCUT2D eigenvalue weighted by Gasteiger charge is -2.10. The summed E-state index contributed by atoms with van der Waals surface area (Å²) in [5.41, 5.74) is 0.886. The quantitative estimate of drug-likeness (QED) is 0.800. The van der Waals surface area contributed by atoms with Gasteiger partial charge in [0.15, 0.2) is 0 Å². The number of nitrogens with zero attached hydrogens (tertiary/aromatic N) is 2. The van der Waals surface area contributed by atoms with Gasteiger partial charge in [-0.15, -0.1) is 0 Å². The first-order valence-corrected chi connectivity index (χ1v) is 7.35. The van der Waals surface area contributed by atoms with Crippen molar-refractivity contribution in [1.82, 2.24) is 9.97 Å². The maximum atomic E-state index is 13.1. The molecule has 0 spiro atoms. The van der Waals surface area contributed by atoms with Gasteiger partial charge < -0.3 is 5.32 Å². The van der Waals surface area contributed by atoms with Gasteiger partial charge in [0, 0.05) is 18.5 Å². The van der Waals surface area contributed by atoms with Crippen LogP contribution in [0.4, 0.5) is 10.2 Å². The molecule has 20 heavy (non-hydrogen) atoms. The summed E-state index contributed by atoms with van der Waals surface area (Å²) in [6.45, 7) is 4.58. The van der Waals surface area contributed by atoms with Gasteiger partial charge in [0.25, 0.3) is 0 Å². The predicted molar refractivity (Wildman–Crippen MR) is 82.6 cm³/mol. The first-order valence-electron chi connectivity index (χ1n) is 6.18. The van der Waals surface area contributed by atoms with Gasteiger partial charge >= 0.3 is 0 Å². The molecule has 2 rings (SSSR count). The van der Waals surface area contributed by atoms with Crippen molar-refractivity contribution in [2.24, 2.45) is 0 Å². The Hall–Kier alpha value is -1.20. The van der Waals surface area contributed by atoms with Gasteiger partial charge in [0.2, 0.25) is 0 Å². The molecule has 1 aromatic carbocycles. The second-order valence-electron chi connectivity index (χ2n) is 4.69. The van der Waals surface area contributed by atoms with E-state index in [0.717, 1.165) is 21.8 Å².